The van der Waals surface area contributed by atoms with E-state index in [9.17, 15) is 0 Å². The average Bonchev–Trinajstić information content (AvgIpc) is 1.35. The Labute approximate surface area is 39.9 Å². The molecule has 0 aliphatic rings. The Morgan fingerprint density at radius 2 is 1.50 bits per heavy atom. The molecule has 0 aromatic heterocycles. The zero-order chi connectivity index (χ0) is 5.21. The fraction of sp³-hybridized carbons (Fsp3) is 0.750. The van der Waals surface area contributed by atoms with E-state index in [0.717, 1.165) is 0 Å². The maximum atomic E-state index is 6.67. The number of nitrogens with one attached hydrogen (secondary N) is 1. The summed E-state index contributed by atoms with van der Waals surface area (Å²) in [5.41, 5.74) is 0. The molecule has 0 aromatic carbocycles. The molecule has 36 valence electrons. The lowest BCUT2D eigenvalue weighted by atomic mass is 11.7. The maximum Gasteiger partial charge on any atom is -0.0927 e. The van der Waals surface area contributed by atoms with Crippen molar-refractivity contribution < 1.29 is 0 Å². The molecule has 0 unspecified atom stereocenters. The van der Waals surface area contributed by atoms with E-state index in [4.69, 9.17) is 5.41 Å². The molecular weight excluding hydrogens is 90.1 g/mol. The summed E-state index contributed by atoms with van der Waals surface area (Å²) in [5, 5.41) is 6.67. The van der Waals surface area contributed by atoms with Gasteiger partial charge in [0.25, 0.3) is 0 Å². The van der Waals surface area contributed by atoms with Crippen LogP contribution in [0.2, 0.25) is 19.6 Å². The fourth-order valence-corrected chi connectivity index (χ4v) is 0. The van der Waals surface area contributed by atoms with Gasteiger partial charge in [0.15, 0.2) is 0 Å². The van der Waals surface area contributed by atoms with Gasteiger partial charge in [0.2, 0.25) is 0 Å². The molecule has 2 heteroatoms. The highest BCUT2D eigenvalue weighted by Gasteiger charge is 1.90. The molecule has 0 aromatic rings. The molecule has 0 fully saturated rings. The summed E-state index contributed by atoms with van der Waals surface area (Å²) in [5.74, 6) is 2.49. The van der Waals surface area contributed by atoms with Crippen LogP contribution in [0.25, 0.3) is 0 Å². The Hall–Kier alpha value is -0.113. The lowest BCUT2D eigenvalue weighted by Gasteiger charge is -2.19. The highest BCUT2D eigenvalue weighted by Crippen LogP contribution is 1.91. The number of hydrogen-bond acceptors (Lipinski definition) is 1. The summed E-state index contributed by atoms with van der Waals surface area (Å²) >= 11 is 0. The Bertz CT molecular complexity index is 53.1. The third-order valence-electron chi connectivity index (χ3n) is 0.375. The number of rotatable bonds is 1. The first-order valence-electron chi connectivity index (χ1n) is 2.00. The summed E-state index contributed by atoms with van der Waals surface area (Å²) in [6, 6.07) is 0. The van der Waals surface area contributed by atoms with E-state index >= 15 is 0 Å². The molecular formula is C4H10NSi-. The van der Waals surface area contributed by atoms with Gasteiger partial charge in [-0.3, -0.25) is 0 Å². The number of hydrogen-bond donors (Lipinski definition) is 1. The average molecular weight is 100 g/mol. The first-order chi connectivity index (χ1) is 2.56. The van der Waals surface area contributed by atoms with Crippen LogP contribution < -0.4 is 0 Å². The Balaban J connectivity index is 3.45. The van der Waals surface area contributed by atoms with Gasteiger partial charge in [0.05, 0.1) is 0 Å². The zero-order valence-electron chi connectivity index (χ0n) is 4.50. The van der Waals surface area contributed by atoms with Crippen molar-refractivity contribution >= 4 is 13.9 Å². The highest BCUT2D eigenvalue weighted by atomic mass is 28.3. The minimum absolute atomic E-state index is 1.21. The zero-order valence-corrected chi connectivity index (χ0v) is 5.50. The maximum absolute atomic E-state index is 6.67. The molecule has 0 atom stereocenters. The summed E-state index contributed by atoms with van der Waals surface area (Å²) in [4.78, 5) is 0. The van der Waals surface area contributed by atoms with E-state index in [0.29, 0.717) is 0 Å². The van der Waals surface area contributed by atoms with Crippen molar-refractivity contribution in [1.82, 2.24) is 0 Å². The van der Waals surface area contributed by atoms with Crippen LogP contribution in [0.3, 0.4) is 0 Å². The van der Waals surface area contributed by atoms with Crippen molar-refractivity contribution in [2.24, 2.45) is 0 Å². The molecule has 1 nitrogen and oxygen atoms in total. The Morgan fingerprint density at radius 1 is 1.33 bits per heavy atom. The smallest absolute Gasteiger partial charge is 0.0927 e. The monoisotopic (exact) mass is 100 g/mol. The van der Waals surface area contributed by atoms with Crippen molar-refractivity contribution in [2.45, 2.75) is 19.6 Å². The Kier molecular flexibility index (Phi) is 1.53. The molecule has 1 N–H and O–H groups in total. The molecule has 0 radical (unpaired) electrons. The van der Waals surface area contributed by atoms with E-state index < -0.39 is 8.07 Å². The molecule has 6 heavy (non-hydrogen) atoms. The lowest BCUT2D eigenvalue weighted by molar-refractivity contribution is 1.58. The second kappa shape index (κ2) is 1.56. The molecule has 0 rings (SSSR count). The first-order valence-corrected chi connectivity index (χ1v) is 5.50. The molecule has 0 saturated heterocycles. The van der Waals surface area contributed by atoms with E-state index in [1.54, 1.807) is 0 Å². The van der Waals surface area contributed by atoms with Gasteiger partial charge in [-0.25, -0.2) is 0 Å². The molecule has 0 aliphatic carbocycles. The first kappa shape index (κ1) is 5.89. The summed E-state index contributed by atoms with van der Waals surface area (Å²) in [7, 11) is -1.21. The van der Waals surface area contributed by atoms with Crippen LogP contribution in [-0.2, 0) is 0 Å². The van der Waals surface area contributed by atoms with Crippen LogP contribution in [0.5, 0.6) is 0 Å². The standard InChI is InChI=1S/C4H10NSi/c1-6(2,3)4-5/h5H,1-3H3/q-1. The minimum Gasteiger partial charge on any atom is -0.520 e. The van der Waals surface area contributed by atoms with Crippen molar-refractivity contribution in [3.63, 3.8) is 0 Å². The van der Waals surface area contributed by atoms with Crippen LogP contribution in [0.4, 0.5) is 0 Å². The molecule has 0 saturated carbocycles. The van der Waals surface area contributed by atoms with Crippen molar-refractivity contribution in [3.8, 4) is 0 Å². The van der Waals surface area contributed by atoms with Gasteiger partial charge in [-0.1, -0.05) is 27.7 Å². The van der Waals surface area contributed by atoms with Gasteiger partial charge in [-0.2, -0.15) is 0 Å². The predicted molar refractivity (Wildman–Crippen MR) is 31.1 cm³/mol. The van der Waals surface area contributed by atoms with Gasteiger partial charge in [0, 0.05) is 0 Å². The fourth-order valence-electron chi connectivity index (χ4n) is 0. The van der Waals surface area contributed by atoms with E-state index in [-0.39, 0.29) is 0 Å². The summed E-state index contributed by atoms with van der Waals surface area (Å²) in [6.45, 7) is 6.25. The van der Waals surface area contributed by atoms with Gasteiger partial charge in [-0.15, -0.1) is 0 Å². The molecule has 0 spiro atoms. The van der Waals surface area contributed by atoms with Crippen molar-refractivity contribution in [2.75, 3.05) is 0 Å². The van der Waals surface area contributed by atoms with Crippen LogP contribution in [0.15, 0.2) is 0 Å². The topological polar surface area (TPSA) is 23.9 Å². The largest absolute Gasteiger partial charge is 0.520 e. The van der Waals surface area contributed by atoms with E-state index in [1.807, 2.05) is 0 Å². The van der Waals surface area contributed by atoms with Crippen LogP contribution in [0, 0.1) is 5.41 Å². The van der Waals surface area contributed by atoms with Crippen LogP contribution >= 0.6 is 0 Å². The second-order valence-electron chi connectivity index (χ2n) is 2.38. The Morgan fingerprint density at radius 3 is 1.50 bits per heavy atom. The predicted octanol–water partition coefficient (Wildman–Crippen LogP) is 1.39. The second-order valence-corrected chi connectivity index (χ2v) is 7.12. The molecule has 0 amide bonds. The third kappa shape index (κ3) is 3.89. The van der Waals surface area contributed by atoms with Gasteiger partial charge >= 0.3 is 0 Å². The normalized spacial score (nSPS) is 11.2. The quantitative estimate of drug-likeness (QED) is 0.292. The third-order valence-corrected chi connectivity index (χ3v) is 1.12. The van der Waals surface area contributed by atoms with E-state index in [2.05, 4.69) is 25.5 Å². The van der Waals surface area contributed by atoms with E-state index in [1.165, 1.54) is 0 Å². The van der Waals surface area contributed by atoms with Crippen molar-refractivity contribution in [1.29, 1.82) is 5.41 Å². The minimum atomic E-state index is -1.21. The molecule has 0 heterocycles. The molecule has 0 aliphatic heterocycles. The summed E-state index contributed by atoms with van der Waals surface area (Å²) < 4.78 is 0. The highest BCUT2D eigenvalue weighted by molar-refractivity contribution is 6.99. The van der Waals surface area contributed by atoms with Crippen LogP contribution in [0.1, 0.15) is 0 Å². The lowest BCUT2D eigenvalue weighted by Crippen LogP contribution is -2.20. The van der Waals surface area contributed by atoms with Gasteiger partial charge in [-0.05, 0) is 0 Å². The van der Waals surface area contributed by atoms with Gasteiger partial charge < -0.3 is 11.2 Å². The van der Waals surface area contributed by atoms with Crippen LogP contribution in [-0.4, -0.2) is 13.9 Å². The van der Waals surface area contributed by atoms with Crippen molar-refractivity contribution in [3.05, 3.63) is 0 Å². The SMILES string of the molecule is C[Si](C)(C)[C-]=N. The summed E-state index contributed by atoms with van der Waals surface area (Å²) in [6.07, 6.45) is 0. The molecule has 0 bridgehead atoms. The van der Waals surface area contributed by atoms with Gasteiger partial charge in [0.1, 0.15) is 0 Å².